The first-order chi connectivity index (χ1) is 14.8. The molecule has 0 unspecified atom stereocenters. The first-order valence-corrected chi connectivity index (χ1v) is 10.1. The minimum absolute atomic E-state index is 0.0409. The highest BCUT2D eigenvalue weighted by Crippen LogP contribution is 2.32. The van der Waals surface area contributed by atoms with E-state index in [0.29, 0.717) is 20.4 Å². The molecular weight excluding hydrogens is 442 g/mol. The summed E-state index contributed by atoms with van der Waals surface area (Å²) < 4.78 is 0.298. The summed E-state index contributed by atoms with van der Waals surface area (Å²) in [5.41, 5.74) is 5.47. The SMILES string of the molecule is O=C(CCN1C(=O)/C(=C/c2ccc([N+](=O)[O-])cc2)SC1=S)NNC(=O)c1ccncc1. The van der Waals surface area contributed by atoms with E-state index in [0.717, 1.165) is 11.8 Å². The number of thiocarbonyl (C=S) groups is 1. The largest absolute Gasteiger partial charge is 0.292 e. The van der Waals surface area contributed by atoms with Gasteiger partial charge in [-0.1, -0.05) is 24.0 Å². The Balaban J connectivity index is 1.53. The summed E-state index contributed by atoms with van der Waals surface area (Å²) in [6.07, 6.45) is 4.41. The van der Waals surface area contributed by atoms with E-state index in [1.54, 1.807) is 6.08 Å². The fourth-order valence-corrected chi connectivity index (χ4v) is 3.82. The molecular formula is C19H15N5O5S2. The van der Waals surface area contributed by atoms with Gasteiger partial charge in [0.2, 0.25) is 5.91 Å². The van der Waals surface area contributed by atoms with E-state index >= 15 is 0 Å². The highest BCUT2D eigenvalue weighted by atomic mass is 32.2. The van der Waals surface area contributed by atoms with Crippen molar-refractivity contribution in [3.63, 3.8) is 0 Å². The quantitative estimate of drug-likeness (QED) is 0.291. The van der Waals surface area contributed by atoms with Crippen LogP contribution in [-0.2, 0) is 9.59 Å². The molecule has 1 aliphatic heterocycles. The third kappa shape index (κ3) is 5.71. The molecule has 1 fully saturated rings. The Morgan fingerprint density at radius 2 is 1.84 bits per heavy atom. The number of pyridine rings is 1. The number of aromatic nitrogens is 1. The van der Waals surface area contributed by atoms with Gasteiger partial charge in [0.1, 0.15) is 4.32 Å². The lowest BCUT2D eigenvalue weighted by atomic mass is 10.2. The van der Waals surface area contributed by atoms with Crippen molar-refractivity contribution in [1.82, 2.24) is 20.7 Å². The summed E-state index contributed by atoms with van der Waals surface area (Å²) >= 11 is 6.30. The number of hydrogen-bond donors (Lipinski definition) is 2. The molecule has 1 aromatic carbocycles. The Kier molecular flexibility index (Phi) is 7.05. The van der Waals surface area contributed by atoms with Crippen molar-refractivity contribution in [3.05, 3.63) is 74.9 Å². The number of non-ortho nitro benzene ring substituents is 1. The predicted molar refractivity (Wildman–Crippen MR) is 117 cm³/mol. The number of hydrazine groups is 1. The van der Waals surface area contributed by atoms with E-state index in [2.05, 4.69) is 15.8 Å². The van der Waals surface area contributed by atoms with Crippen LogP contribution >= 0.6 is 24.0 Å². The van der Waals surface area contributed by atoms with Gasteiger partial charge in [-0.25, -0.2) is 0 Å². The second kappa shape index (κ2) is 9.91. The van der Waals surface area contributed by atoms with Crippen LogP contribution in [0.5, 0.6) is 0 Å². The second-order valence-electron chi connectivity index (χ2n) is 6.17. The zero-order chi connectivity index (χ0) is 22.4. The number of nitro groups is 1. The molecule has 0 spiro atoms. The van der Waals surface area contributed by atoms with E-state index in [9.17, 15) is 24.5 Å². The van der Waals surface area contributed by atoms with Crippen molar-refractivity contribution in [2.24, 2.45) is 0 Å². The van der Waals surface area contributed by atoms with Crippen molar-refractivity contribution in [3.8, 4) is 0 Å². The van der Waals surface area contributed by atoms with Gasteiger partial charge in [-0.15, -0.1) is 0 Å². The smallest absolute Gasteiger partial charge is 0.269 e. The summed E-state index contributed by atoms with van der Waals surface area (Å²) in [6.45, 7) is 0.0409. The molecule has 10 nitrogen and oxygen atoms in total. The third-order valence-corrected chi connectivity index (χ3v) is 5.47. The van der Waals surface area contributed by atoms with Gasteiger partial charge in [-0.3, -0.25) is 45.2 Å². The number of carbonyl (C=O) groups excluding carboxylic acids is 3. The maximum absolute atomic E-state index is 12.6. The molecule has 1 aliphatic rings. The van der Waals surface area contributed by atoms with Gasteiger partial charge in [-0.2, -0.15) is 0 Å². The van der Waals surface area contributed by atoms with Gasteiger partial charge in [0.25, 0.3) is 17.5 Å². The average Bonchev–Trinajstić information content (AvgIpc) is 3.03. The van der Waals surface area contributed by atoms with Gasteiger partial charge in [-0.05, 0) is 35.9 Å². The molecule has 0 radical (unpaired) electrons. The Bertz CT molecular complexity index is 1070. The summed E-state index contributed by atoms with van der Waals surface area (Å²) in [6, 6.07) is 8.75. The number of thioether (sulfide) groups is 1. The number of nitro benzene ring substituents is 1. The maximum Gasteiger partial charge on any atom is 0.269 e. The molecule has 1 aromatic heterocycles. The standard InChI is InChI=1S/C19H15N5O5S2/c25-16(21-22-17(26)13-5-8-20-9-6-13)7-10-23-18(27)15(31-19(23)30)11-12-1-3-14(4-2-12)24(28)29/h1-6,8-9,11H,7,10H2,(H,21,25)(H,22,26)/b15-11-. The van der Waals surface area contributed by atoms with Crippen LogP contribution in [0, 0.1) is 10.1 Å². The van der Waals surface area contributed by atoms with Crippen LogP contribution in [0.15, 0.2) is 53.7 Å². The topological polar surface area (TPSA) is 135 Å². The van der Waals surface area contributed by atoms with Gasteiger partial charge in [0.15, 0.2) is 0 Å². The van der Waals surface area contributed by atoms with Gasteiger partial charge < -0.3 is 0 Å². The molecule has 0 saturated carbocycles. The fourth-order valence-electron chi connectivity index (χ4n) is 2.51. The van der Waals surface area contributed by atoms with Crippen molar-refractivity contribution in [1.29, 1.82) is 0 Å². The highest BCUT2D eigenvalue weighted by molar-refractivity contribution is 8.26. The van der Waals surface area contributed by atoms with Gasteiger partial charge in [0, 0.05) is 43.1 Å². The minimum Gasteiger partial charge on any atom is -0.292 e. The Labute approximate surface area is 185 Å². The molecule has 3 amide bonds. The lowest BCUT2D eigenvalue weighted by molar-refractivity contribution is -0.384. The number of nitrogens with zero attached hydrogens (tertiary/aromatic N) is 3. The average molecular weight is 457 g/mol. The molecule has 0 atom stereocenters. The summed E-state index contributed by atoms with van der Waals surface area (Å²) in [5.74, 6) is -1.34. The maximum atomic E-state index is 12.6. The van der Waals surface area contributed by atoms with E-state index in [1.807, 2.05) is 0 Å². The molecule has 0 bridgehead atoms. The minimum atomic E-state index is -0.506. The van der Waals surface area contributed by atoms with Crippen LogP contribution in [0.3, 0.4) is 0 Å². The van der Waals surface area contributed by atoms with Crippen molar-refractivity contribution in [2.75, 3.05) is 6.54 Å². The van der Waals surface area contributed by atoms with Crippen LogP contribution in [0.2, 0.25) is 0 Å². The summed E-state index contributed by atoms with van der Waals surface area (Å²) in [5, 5.41) is 10.7. The number of hydrogen-bond acceptors (Lipinski definition) is 8. The number of nitrogens with one attached hydrogen (secondary N) is 2. The molecule has 31 heavy (non-hydrogen) atoms. The lowest BCUT2D eigenvalue weighted by Gasteiger charge is -2.14. The fraction of sp³-hybridized carbons (Fsp3) is 0.105. The Hall–Kier alpha value is -3.64. The van der Waals surface area contributed by atoms with Crippen LogP contribution < -0.4 is 10.9 Å². The van der Waals surface area contributed by atoms with E-state index in [-0.39, 0.29) is 24.6 Å². The van der Waals surface area contributed by atoms with E-state index in [4.69, 9.17) is 12.2 Å². The molecule has 12 heteroatoms. The van der Waals surface area contributed by atoms with Crippen LogP contribution in [0.4, 0.5) is 5.69 Å². The van der Waals surface area contributed by atoms with E-state index in [1.165, 1.54) is 53.7 Å². The third-order valence-electron chi connectivity index (χ3n) is 4.10. The zero-order valence-electron chi connectivity index (χ0n) is 15.8. The molecule has 3 rings (SSSR count). The number of rotatable bonds is 6. The number of amides is 3. The number of carbonyl (C=O) groups is 3. The predicted octanol–water partition coefficient (Wildman–Crippen LogP) is 2.04. The summed E-state index contributed by atoms with van der Waals surface area (Å²) in [4.78, 5) is 52.2. The summed E-state index contributed by atoms with van der Waals surface area (Å²) in [7, 11) is 0. The normalized spacial score (nSPS) is 14.6. The molecule has 2 N–H and O–H groups in total. The van der Waals surface area contributed by atoms with Crippen LogP contribution in [0.25, 0.3) is 6.08 Å². The Morgan fingerprint density at radius 3 is 2.48 bits per heavy atom. The lowest BCUT2D eigenvalue weighted by Crippen LogP contribution is -2.43. The molecule has 2 aromatic rings. The number of benzene rings is 1. The zero-order valence-corrected chi connectivity index (χ0v) is 17.4. The first kappa shape index (κ1) is 22.1. The first-order valence-electron chi connectivity index (χ1n) is 8.84. The van der Waals surface area contributed by atoms with Crippen molar-refractivity contribution in [2.45, 2.75) is 6.42 Å². The Morgan fingerprint density at radius 1 is 1.16 bits per heavy atom. The monoisotopic (exact) mass is 457 g/mol. The van der Waals surface area contributed by atoms with Gasteiger partial charge in [0.05, 0.1) is 9.83 Å². The van der Waals surface area contributed by atoms with Crippen molar-refractivity contribution >= 4 is 57.8 Å². The molecule has 158 valence electrons. The van der Waals surface area contributed by atoms with Gasteiger partial charge >= 0.3 is 0 Å². The molecule has 2 heterocycles. The highest BCUT2D eigenvalue weighted by Gasteiger charge is 2.32. The molecule has 1 saturated heterocycles. The van der Waals surface area contributed by atoms with Crippen LogP contribution in [0.1, 0.15) is 22.3 Å². The van der Waals surface area contributed by atoms with Crippen LogP contribution in [-0.4, -0.2) is 43.4 Å². The van der Waals surface area contributed by atoms with E-state index < -0.39 is 16.7 Å². The second-order valence-corrected chi connectivity index (χ2v) is 7.85. The van der Waals surface area contributed by atoms with Crippen molar-refractivity contribution < 1.29 is 19.3 Å². The molecule has 0 aliphatic carbocycles.